The first kappa shape index (κ1) is 18.2. The van der Waals surface area contributed by atoms with Gasteiger partial charge in [0.2, 0.25) is 0 Å². The van der Waals surface area contributed by atoms with Crippen LogP contribution in [0.5, 0.6) is 5.75 Å². The summed E-state index contributed by atoms with van der Waals surface area (Å²) in [5.74, 6) is 0.973. The van der Waals surface area contributed by atoms with Crippen LogP contribution in [0.4, 0.5) is 0 Å². The van der Waals surface area contributed by atoms with Crippen LogP contribution in [-0.2, 0) is 20.8 Å². The summed E-state index contributed by atoms with van der Waals surface area (Å²) in [4.78, 5) is 4.01. The van der Waals surface area contributed by atoms with Gasteiger partial charge in [-0.15, -0.1) is 0 Å². The van der Waals surface area contributed by atoms with E-state index in [0.29, 0.717) is 11.7 Å². The third-order valence-corrected chi connectivity index (χ3v) is 3.63. The SMILES string of the molecule is CN=Cc1cc(C)cc(C2CCCCC2)c1O.[Cl][Zr][Cl]. The minimum absolute atomic E-state index is 0.438. The number of aryl methyl sites for hydroxylation is 1. The molecule has 0 spiro atoms. The van der Waals surface area contributed by atoms with Gasteiger partial charge in [0.1, 0.15) is 5.75 Å². The van der Waals surface area contributed by atoms with E-state index in [0.717, 1.165) is 11.1 Å². The maximum atomic E-state index is 10.3. The Hall–Kier alpha value is 0.153. The van der Waals surface area contributed by atoms with E-state index in [1.54, 1.807) is 13.3 Å². The Morgan fingerprint density at radius 2 is 1.85 bits per heavy atom. The summed E-state index contributed by atoms with van der Waals surface area (Å²) >= 11 is -0.826. The average molecular weight is 393 g/mol. The predicted octanol–water partition coefficient (Wildman–Crippen LogP) is 5.17. The fourth-order valence-corrected chi connectivity index (χ4v) is 2.80. The van der Waals surface area contributed by atoms with Crippen LogP contribution in [0, 0.1) is 6.92 Å². The van der Waals surface area contributed by atoms with Crippen LogP contribution in [0.3, 0.4) is 0 Å². The van der Waals surface area contributed by atoms with E-state index < -0.39 is 20.8 Å². The van der Waals surface area contributed by atoms with Crippen molar-refractivity contribution in [1.29, 1.82) is 0 Å². The van der Waals surface area contributed by atoms with E-state index in [4.69, 9.17) is 17.0 Å². The topological polar surface area (TPSA) is 32.6 Å². The van der Waals surface area contributed by atoms with Crippen LogP contribution in [-0.4, -0.2) is 18.4 Å². The fraction of sp³-hybridized carbons (Fsp3) is 0.533. The Morgan fingerprint density at radius 1 is 1.25 bits per heavy atom. The normalized spacial score (nSPS) is 15.8. The van der Waals surface area contributed by atoms with E-state index in [-0.39, 0.29) is 0 Å². The third-order valence-electron chi connectivity index (χ3n) is 3.63. The Bertz CT molecular complexity index is 446. The zero-order valence-corrected chi connectivity index (χ0v) is 16.0. The van der Waals surface area contributed by atoms with E-state index in [1.807, 2.05) is 6.07 Å². The Balaban J connectivity index is 0.000000612. The molecule has 1 aromatic rings. The fourth-order valence-electron chi connectivity index (χ4n) is 2.80. The first-order valence-corrected chi connectivity index (χ1v) is 13.2. The summed E-state index contributed by atoms with van der Waals surface area (Å²) < 4.78 is 0. The Morgan fingerprint density at radius 3 is 2.40 bits per heavy atom. The van der Waals surface area contributed by atoms with Crippen LogP contribution in [0.15, 0.2) is 17.1 Å². The minimum atomic E-state index is -0.826. The summed E-state index contributed by atoms with van der Waals surface area (Å²) in [6.07, 6.45) is 8.07. The van der Waals surface area contributed by atoms with Crippen molar-refractivity contribution < 1.29 is 26.0 Å². The van der Waals surface area contributed by atoms with E-state index >= 15 is 0 Å². The number of phenolic OH excluding ortho intramolecular Hbond substituents is 1. The molecule has 0 radical (unpaired) electrons. The summed E-state index contributed by atoms with van der Waals surface area (Å²) in [6, 6.07) is 4.13. The zero-order valence-electron chi connectivity index (χ0n) is 12.0. The number of rotatable bonds is 2. The van der Waals surface area contributed by atoms with Crippen LogP contribution < -0.4 is 0 Å². The van der Waals surface area contributed by atoms with Crippen molar-refractivity contribution in [2.24, 2.45) is 4.99 Å². The summed E-state index contributed by atoms with van der Waals surface area (Å²) in [6.45, 7) is 2.08. The quantitative estimate of drug-likeness (QED) is 0.691. The van der Waals surface area contributed by atoms with Gasteiger partial charge >= 0.3 is 37.9 Å². The molecule has 2 rings (SSSR count). The molecule has 1 N–H and O–H groups in total. The third kappa shape index (κ3) is 5.50. The molecule has 1 aliphatic rings. The van der Waals surface area contributed by atoms with Crippen LogP contribution in [0.1, 0.15) is 54.7 Å². The number of benzene rings is 1. The van der Waals surface area contributed by atoms with Gasteiger partial charge in [-0.25, -0.2) is 0 Å². The zero-order chi connectivity index (χ0) is 15.0. The van der Waals surface area contributed by atoms with Gasteiger partial charge in [0, 0.05) is 18.8 Å². The van der Waals surface area contributed by atoms with Gasteiger partial charge in [-0.2, -0.15) is 0 Å². The number of halogens is 2. The summed E-state index contributed by atoms with van der Waals surface area (Å²) in [5.41, 5.74) is 3.19. The molecule has 0 aromatic heterocycles. The standard InChI is InChI=1S/C15H21NO.2ClH.Zr/c1-11-8-13(10-16-2)15(17)14(9-11)12-6-4-3-5-7-12;;;/h8-10,12,17H,3-7H2,1-2H3;2*1H;/q;;;+2/p-2. The maximum absolute atomic E-state index is 10.3. The molecule has 0 aliphatic heterocycles. The predicted molar refractivity (Wildman–Crippen MR) is 83.9 cm³/mol. The number of phenols is 1. The van der Waals surface area contributed by atoms with Gasteiger partial charge in [0.05, 0.1) is 0 Å². The molecule has 1 aliphatic carbocycles. The number of hydrogen-bond donors (Lipinski definition) is 1. The van der Waals surface area contributed by atoms with E-state index in [2.05, 4.69) is 18.0 Å². The van der Waals surface area contributed by atoms with Crippen molar-refractivity contribution in [1.82, 2.24) is 0 Å². The van der Waals surface area contributed by atoms with Crippen molar-refractivity contribution in [2.45, 2.75) is 44.9 Å². The monoisotopic (exact) mass is 391 g/mol. The average Bonchev–Trinajstić information content (AvgIpc) is 2.44. The molecule has 110 valence electrons. The van der Waals surface area contributed by atoms with Gasteiger partial charge < -0.3 is 5.11 Å². The van der Waals surface area contributed by atoms with Crippen molar-refractivity contribution in [3.8, 4) is 5.75 Å². The van der Waals surface area contributed by atoms with E-state index in [9.17, 15) is 5.11 Å². The van der Waals surface area contributed by atoms with Gasteiger partial charge in [0.15, 0.2) is 0 Å². The summed E-state index contributed by atoms with van der Waals surface area (Å²) in [5, 5.41) is 10.3. The number of aliphatic imine (C=N–C) groups is 1. The second kappa shape index (κ2) is 9.98. The van der Waals surface area contributed by atoms with Crippen molar-refractivity contribution in [3.05, 3.63) is 28.8 Å². The first-order chi connectivity index (χ1) is 9.63. The molecule has 1 fully saturated rings. The van der Waals surface area contributed by atoms with Crippen molar-refractivity contribution >= 4 is 23.2 Å². The van der Waals surface area contributed by atoms with Gasteiger partial charge in [0.25, 0.3) is 0 Å². The van der Waals surface area contributed by atoms with Crippen molar-refractivity contribution in [2.75, 3.05) is 7.05 Å². The molecule has 0 bridgehead atoms. The van der Waals surface area contributed by atoms with Gasteiger partial charge in [-0.05, 0) is 42.9 Å². The first-order valence-electron chi connectivity index (χ1n) is 6.86. The second-order valence-electron chi connectivity index (χ2n) is 5.09. The molecule has 2 nitrogen and oxygen atoms in total. The van der Waals surface area contributed by atoms with Gasteiger partial charge in [-0.1, -0.05) is 25.3 Å². The van der Waals surface area contributed by atoms with E-state index in [1.165, 1.54) is 37.7 Å². The Labute approximate surface area is 140 Å². The summed E-state index contributed by atoms with van der Waals surface area (Å²) in [7, 11) is 11.6. The molecule has 5 heteroatoms. The number of aromatic hydroxyl groups is 1. The number of nitrogens with zero attached hydrogens (tertiary/aromatic N) is 1. The van der Waals surface area contributed by atoms with Crippen molar-refractivity contribution in [3.63, 3.8) is 0 Å². The second-order valence-corrected chi connectivity index (χ2v) is 8.82. The van der Waals surface area contributed by atoms with Gasteiger partial charge in [-0.3, -0.25) is 4.99 Å². The molecule has 0 unspecified atom stereocenters. The number of hydrogen-bond acceptors (Lipinski definition) is 2. The molecular formula is C15H21Cl2NOZr. The molecular weight excluding hydrogens is 372 g/mol. The molecule has 1 saturated carbocycles. The Kier molecular flexibility index (Phi) is 9.08. The molecule has 1 aromatic carbocycles. The molecule has 0 amide bonds. The van der Waals surface area contributed by atoms with Crippen LogP contribution in [0.25, 0.3) is 0 Å². The molecule has 0 atom stereocenters. The van der Waals surface area contributed by atoms with Crippen LogP contribution >= 0.6 is 17.0 Å². The molecule has 0 heterocycles. The van der Waals surface area contributed by atoms with Crippen LogP contribution in [0.2, 0.25) is 0 Å². The molecule has 20 heavy (non-hydrogen) atoms. The molecule has 0 saturated heterocycles.